The number of rotatable bonds is 10. The zero-order valence-corrected chi connectivity index (χ0v) is 45.5. The number of furan rings is 2. The highest BCUT2D eigenvalue weighted by Gasteiger charge is 2.48. The zero-order valence-electron chi connectivity index (χ0n) is 45.5. The highest BCUT2D eigenvalue weighted by molar-refractivity contribution is 6.13. The molecule has 0 atom stereocenters. The average Bonchev–Trinajstić information content (AvgIpc) is 4.32. The first-order valence-corrected chi connectivity index (χ1v) is 29.6. The molecule has 2 fully saturated rings. The number of anilines is 6. The molecule has 0 amide bonds. The number of nitrogens with zero attached hydrogens (tertiary/aromatic N) is 2. The Labute approximate surface area is 473 Å². The van der Waals surface area contributed by atoms with Crippen LogP contribution in [0, 0.1) is 0 Å². The minimum absolute atomic E-state index is 0.597. The van der Waals surface area contributed by atoms with Gasteiger partial charge in [0.1, 0.15) is 22.3 Å². The van der Waals surface area contributed by atoms with Crippen LogP contribution in [0.4, 0.5) is 34.1 Å². The lowest BCUT2D eigenvalue weighted by atomic mass is 9.67. The number of benzene rings is 11. The van der Waals surface area contributed by atoms with Gasteiger partial charge in [0.2, 0.25) is 0 Å². The van der Waals surface area contributed by atoms with Gasteiger partial charge in [-0.1, -0.05) is 190 Å². The van der Waals surface area contributed by atoms with Gasteiger partial charge < -0.3 is 18.6 Å². The Morgan fingerprint density at radius 2 is 0.728 bits per heavy atom. The lowest BCUT2D eigenvalue weighted by Gasteiger charge is -2.36. The summed E-state index contributed by atoms with van der Waals surface area (Å²) < 4.78 is 13.3. The zero-order chi connectivity index (χ0) is 53.4. The smallest absolute Gasteiger partial charge is 0.137 e. The fourth-order valence-corrected chi connectivity index (χ4v) is 14.9. The van der Waals surface area contributed by atoms with Crippen molar-refractivity contribution >= 4 is 88.8 Å². The van der Waals surface area contributed by atoms with Crippen molar-refractivity contribution in [1.82, 2.24) is 0 Å². The highest BCUT2D eigenvalue weighted by atomic mass is 16.3. The van der Waals surface area contributed by atoms with E-state index in [0.717, 1.165) is 78.0 Å². The summed E-state index contributed by atoms with van der Waals surface area (Å²) in [4.78, 5) is 4.96. The molecule has 2 saturated carbocycles. The van der Waals surface area contributed by atoms with Gasteiger partial charge in [-0.15, -0.1) is 0 Å². The van der Waals surface area contributed by atoms with Crippen LogP contribution in [0.2, 0.25) is 0 Å². The van der Waals surface area contributed by atoms with Crippen molar-refractivity contribution in [2.24, 2.45) is 0 Å². The van der Waals surface area contributed by atoms with Crippen molar-refractivity contribution in [2.75, 3.05) is 9.80 Å². The second-order valence-corrected chi connectivity index (χ2v) is 23.2. The standard InChI is InChI=1S/C77H62N2O2/c1-5-19-51(20-6-1)53-33-37-57(38-34-53)78(60-41-44-65-63-28-15-17-31-72(63)80-74(65)48-60)59-43-46-68-69(47-59)77(55-23-9-3-10-24-55,56-25-11-4-12-26-56)70-50-71(62-27-13-14-30-67(62)76(68)70)79(58-39-35-54(36-40-58)52-21-7-2-8-22-52)61-42-45-66-64-29-16-18-32-73(64)81-75(66)49-61/h3-4,9-18,23-52H,1-2,5-8,19-22H2. The number of hydrogen-bond donors (Lipinski definition) is 0. The molecule has 0 bridgehead atoms. The van der Waals surface area contributed by atoms with E-state index in [1.165, 1.54) is 119 Å². The third kappa shape index (κ3) is 7.86. The number of fused-ring (bicyclic) bond motifs is 11. The Morgan fingerprint density at radius 3 is 1.27 bits per heavy atom. The van der Waals surface area contributed by atoms with E-state index < -0.39 is 5.41 Å². The lowest BCUT2D eigenvalue weighted by molar-refractivity contribution is 0.443. The van der Waals surface area contributed by atoms with Gasteiger partial charge in [-0.3, -0.25) is 0 Å². The van der Waals surface area contributed by atoms with Crippen molar-refractivity contribution in [3.63, 3.8) is 0 Å². The minimum Gasteiger partial charge on any atom is -0.456 e. The molecule has 13 aromatic rings. The molecule has 3 aliphatic rings. The quantitative estimate of drug-likeness (QED) is 0.137. The summed E-state index contributed by atoms with van der Waals surface area (Å²) in [7, 11) is 0. The van der Waals surface area contributed by atoms with Crippen LogP contribution in [0.3, 0.4) is 0 Å². The van der Waals surface area contributed by atoms with Gasteiger partial charge in [0.25, 0.3) is 0 Å². The molecule has 0 N–H and O–H groups in total. The number of para-hydroxylation sites is 2. The fourth-order valence-electron chi connectivity index (χ4n) is 14.9. The van der Waals surface area contributed by atoms with Gasteiger partial charge in [0.15, 0.2) is 0 Å². The summed E-state index contributed by atoms with van der Waals surface area (Å²) in [5.74, 6) is 1.20. The maximum Gasteiger partial charge on any atom is 0.137 e. The maximum atomic E-state index is 6.69. The molecule has 0 radical (unpaired) electrons. The molecule has 0 aliphatic heterocycles. The van der Waals surface area contributed by atoms with E-state index in [-0.39, 0.29) is 0 Å². The van der Waals surface area contributed by atoms with Crippen LogP contribution in [-0.4, -0.2) is 0 Å². The van der Waals surface area contributed by atoms with Crippen molar-refractivity contribution in [3.8, 4) is 11.1 Å². The van der Waals surface area contributed by atoms with Crippen molar-refractivity contribution in [2.45, 2.75) is 81.5 Å². The van der Waals surface area contributed by atoms with Gasteiger partial charge in [-0.05, 0) is 166 Å². The van der Waals surface area contributed by atoms with Crippen LogP contribution >= 0.6 is 0 Å². The topological polar surface area (TPSA) is 32.8 Å². The van der Waals surface area contributed by atoms with Crippen LogP contribution in [0.25, 0.3) is 65.8 Å². The summed E-state index contributed by atoms with van der Waals surface area (Å²) in [6.07, 6.45) is 12.9. The van der Waals surface area contributed by atoms with Crippen LogP contribution in [0.15, 0.2) is 251 Å². The third-order valence-corrected chi connectivity index (χ3v) is 18.7. The van der Waals surface area contributed by atoms with Gasteiger partial charge >= 0.3 is 0 Å². The normalized spacial score (nSPS) is 15.4. The largest absolute Gasteiger partial charge is 0.456 e. The van der Waals surface area contributed by atoms with Crippen LogP contribution in [0.5, 0.6) is 0 Å². The monoisotopic (exact) mass is 1050 g/mol. The highest BCUT2D eigenvalue weighted by Crippen LogP contribution is 2.61. The summed E-state index contributed by atoms with van der Waals surface area (Å²) in [6.45, 7) is 0. The molecule has 2 heterocycles. The van der Waals surface area contributed by atoms with E-state index >= 15 is 0 Å². The van der Waals surface area contributed by atoms with E-state index in [2.05, 4.69) is 252 Å². The van der Waals surface area contributed by atoms with Gasteiger partial charge in [-0.2, -0.15) is 0 Å². The van der Waals surface area contributed by atoms with E-state index in [0.29, 0.717) is 11.8 Å². The predicted octanol–water partition coefficient (Wildman–Crippen LogP) is 22.0. The molecule has 0 saturated heterocycles. The molecule has 4 heteroatoms. The maximum absolute atomic E-state index is 6.69. The molecule has 2 aromatic heterocycles. The molecule has 0 spiro atoms. The van der Waals surface area contributed by atoms with E-state index in [4.69, 9.17) is 8.83 Å². The van der Waals surface area contributed by atoms with E-state index in [9.17, 15) is 0 Å². The first kappa shape index (κ1) is 47.8. The van der Waals surface area contributed by atoms with Gasteiger partial charge in [-0.25, -0.2) is 0 Å². The van der Waals surface area contributed by atoms with Crippen LogP contribution in [0.1, 0.15) is 109 Å². The van der Waals surface area contributed by atoms with Crippen LogP contribution in [-0.2, 0) is 5.41 Å². The Morgan fingerprint density at radius 1 is 0.309 bits per heavy atom. The van der Waals surface area contributed by atoms with E-state index in [1.807, 2.05) is 0 Å². The van der Waals surface area contributed by atoms with Crippen molar-refractivity contribution in [1.29, 1.82) is 0 Å². The molecule has 81 heavy (non-hydrogen) atoms. The van der Waals surface area contributed by atoms with Gasteiger partial charge in [0.05, 0.1) is 11.1 Å². The molecule has 3 aliphatic carbocycles. The second kappa shape index (κ2) is 19.6. The molecular formula is C77H62N2O2. The van der Waals surface area contributed by atoms with Crippen molar-refractivity contribution in [3.05, 3.63) is 276 Å². The first-order chi connectivity index (χ1) is 40.2. The summed E-state index contributed by atoms with van der Waals surface area (Å²) in [6, 6.07) is 91.0. The molecule has 11 aromatic carbocycles. The minimum atomic E-state index is -0.736. The Balaban J connectivity index is 0.943. The molecule has 0 unspecified atom stereocenters. The molecule has 16 rings (SSSR count). The SMILES string of the molecule is c1ccc(C2(c3ccccc3)c3cc(N(c4ccc(C5CCCCC5)cc4)c4ccc5c(c4)oc4ccccc45)ccc3-c3c2cc(N(c2ccc(C4CCCCC4)cc2)c2ccc4c(c2)oc2ccccc24)c2ccccc32)cc1. The lowest BCUT2D eigenvalue weighted by Crippen LogP contribution is -2.29. The average molecular weight is 1050 g/mol. The predicted molar refractivity (Wildman–Crippen MR) is 337 cm³/mol. The fraction of sp³-hybridized carbons (Fsp3) is 0.169. The summed E-state index contributed by atoms with van der Waals surface area (Å²) in [5.41, 5.74) is 19.6. The third-order valence-electron chi connectivity index (χ3n) is 18.7. The van der Waals surface area contributed by atoms with Crippen LogP contribution < -0.4 is 9.80 Å². The number of hydrogen-bond acceptors (Lipinski definition) is 4. The second-order valence-electron chi connectivity index (χ2n) is 23.2. The molecular weight excluding hydrogens is 985 g/mol. The Bertz CT molecular complexity index is 4440. The van der Waals surface area contributed by atoms with E-state index in [1.54, 1.807) is 0 Å². The molecule has 4 nitrogen and oxygen atoms in total. The van der Waals surface area contributed by atoms with Gasteiger partial charge in [0, 0.05) is 67.5 Å². The molecule has 392 valence electrons. The summed E-state index contributed by atoms with van der Waals surface area (Å²) in [5, 5.41) is 6.89. The first-order valence-electron chi connectivity index (χ1n) is 29.6. The van der Waals surface area contributed by atoms with Crippen molar-refractivity contribution < 1.29 is 8.83 Å². The summed E-state index contributed by atoms with van der Waals surface area (Å²) >= 11 is 0. The Kier molecular flexibility index (Phi) is 11.6. The Hall–Kier alpha value is -9.12.